The quantitative estimate of drug-likeness (QED) is 0.456. The summed E-state index contributed by atoms with van der Waals surface area (Å²) in [5.41, 5.74) is 5.59. The van der Waals surface area contributed by atoms with Gasteiger partial charge in [0.25, 0.3) is 5.91 Å². The van der Waals surface area contributed by atoms with Crippen molar-refractivity contribution in [3.05, 3.63) is 82.2 Å². The first-order valence-corrected chi connectivity index (χ1v) is 9.43. The van der Waals surface area contributed by atoms with E-state index in [0.717, 1.165) is 22.4 Å². The highest BCUT2D eigenvalue weighted by atomic mass is 19.1. The Morgan fingerprint density at radius 1 is 1.14 bits per heavy atom. The lowest BCUT2D eigenvalue weighted by Gasteiger charge is -2.29. The first-order chi connectivity index (χ1) is 13.4. The first-order valence-electron chi connectivity index (χ1n) is 9.43. The van der Waals surface area contributed by atoms with Gasteiger partial charge in [0.15, 0.2) is 0 Å². The molecule has 146 valence electrons. The molecule has 28 heavy (non-hydrogen) atoms. The van der Waals surface area contributed by atoms with E-state index in [1.807, 2.05) is 49.7 Å². The molecular formula is C23H25FN2O2. The lowest BCUT2D eigenvalue weighted by molar-refractivity contribution is -0.135. The lowest BCUT2D eigenvalue weighted by Crippen LogP contribution is -2.42. The van der Waals surface area contributed by atoms with Gasteiger partial charge in [0, 0.05) is 6.54 Å². The van der Waals surface area contributed by atoms with Crippen LogP contribution in [0.15, 0.2) is 64.7 Å². The molecule has 1 amide bonds. The molecule has 1 atom stereocenters. The Morgan fingerprint density at radius 3 is 2.50 bits per heavy atom. The third-order valence-electron chi connectivity index (χ3n) is 5.53. The van der Waals surface area contributed by atoms with Gasteiger partial charge in [0.1, 0.15) is 5.82 Å². The summed E-state index contributed by atoms with van der Waals surface area (Å²) in [7, 11) is 0. The zero-order valence-electron chi connectivity index (χ0n) is 16.4. The largest absolute Gasteiger partial charge is 0.289 e. The highest BCUT2D eigenvalue weighted by Crippen LogP contribution is 2.47. The van der Waals surface area contributed by atoms with Crippen LogP contribution in [0, 0.1) is 12.7 Å². The summed E-state index contributed by atoms with van der Waals surface area (Å²) in [6.45, 7) is 6.23. The van der Waals surface area contributed by atoms with Gasteiger partial charge in [-0.2, -0.15) is 0 Å². The zero-order valence-corrected chi connectivity index (χ0v) is 16.4. The summed E-state index contributed by atoms with van der Waals surface area (Å²) in [6.07, 6.45) is 0.748. The van der Waals surface area contributed by atoms with Gasteiger partial charge in [-0.3, -0.25) is 15.0 Å². The standard InChI is InChI=1S/C23H25FN2O2/c1-4-25-21(17-9-6-5-7-10-17)18-14-23(13-15(18)2,22(27)26-28)19-11-8-12-20(24)16(19)3/h5-12,28H,4,13-14H2,1-3H3,(H,26,27)/b25-21-/t23-/m0/s1. The fourth-order valence-corrected chi connectivity index (χ4v) is 4.18. The van der Waals surface area contributed by atoms with Gasteiger partial charge in [-0.1, -0.05) is 48.0 Å². The molecule has 0 radical (unpaired) electrons. The normalized spacial score (nSPS) is 19.8. The van der Waals surface area contributed by atoms with Gasteiger partial charge in [0.2, 0.25) is 0 Å². The Balaban J connectivity index is 2.12. The Hall–Kier alpha value is -2.79. The molecule has 0 aliphatic heterocycles. The number of nitrogens with one attached hydrogen (secondary N) is 1. The van der Waals surface area contributed by atoms with Gasteiger partial charge in [-0.25, -0.2) is 9.87 Å². The topological polar surface area (TPSA) is 61.7 Å². The number of carbonyl (C=O) groups excluding carboxylic acids is 1. The molecule has 5 heteroatoms. The lowest BCUT2D eigenvalue weighted by atomic mass is 9.74. The van der Waals surface area contributed by atoms with Crippen molar-refractivity contribution in [3.8, 4) is 0 Å². The average molecular weight is 380 g/mol. The molecule has 0 spiro atoms. The summed E-state index contributed by atoms with van der Waals surface area (Å²) in [6, 6.07) is 14.6. The SMILES string of the molecule is CC/N=C(\C1=C(C)C[C@@](C(=O)NO)(c2cccc(F)c2C)C1)c1ccccc1. The van der Waals surface area contributed by atoms with Crippen LogP contribution in [-0.2, 0) is 10.2 Å². The molecule has 0 saturated heterocycles. The van der Waals surface area contributed by atoms with Crippen LogP contribution in [0.1, 0.15) is 43.4 Å². The Morgan fingerprint density at radius 2 is 1.86 bits per heavy atom. The molecule has 0 aromatic heterocycles. The Kier molecular flexibility index (Phi) is 5.75. The highest BCUT2D eigenvalue weighted by Gasteiger charge is 2.47. The Labute approximate surface area is 164 Å². The van der Waals surface area contributed by atoms with Crippen molar-refractivity contribution in [1.29, 1.82) is 0 Å². The van der Waals surface area contributed by atoms with Crippen molar-refractivity contribution >= 4 is 11.6 Å². The van der Waals surface area contributed by atoms with Crippen LogP contribution in [0.5, 0.6) is 0 Å². The van der Waals surface area contributed by atoms with Crippen molar-refractivity contribution in [2.75, 3.05) is 6.54 Å². The second-order valence-corrected chi connectivity index (χ2v) is 7.24. The van der Waals surface area contributed by atoms with E-state index in [0.29, 0.717) is 30.5 Å². The summed E-state index contributed by atoms with van der Waals surface area (Å²) < 4.78 is 14.3. The summed E-state index contributed by atoms with van der Waals surface area (Å²) in [5.74, 6) is -0.890. The van der Waals surface area contributed by atoms with Crippen LogP contribution in [0.2, 0.25) is 0 Å². The van der Waals surface area contributed by atoms with E-state index in [-0.39, 0.29) is 5.82 Å². The number of carbonyl (C=O) groups is 1. The molecule has 2 aromatic rings. The maximum atomic E-state index is 14.3. The van der Waals surface area contributed by atoms with Gasteiger partial charge in [-0.15, -0.1) is 0 Å². The summed E-state index contributed by atoms with van der Waals surface area (Å²) in [5, 5.41) is 9.47. The van der Waals surface area contributed by atoms with Gasteiger partial charge in [-0.05, 0) is 61.9 Å². The molecule has 0 heterocycles. The van der Waals surface area contributed by atoms with Crippen LogP contribution < -0.4 is 5.48 Å². The molecule has 0 fully saturated rings. The van der Waals surface area contributed by atoms with Gasteiger partial charge < -0.3 is 0 Å². The zero-order chi connectivity index (χ0) is 20.3. The predicted molar refractivity (Wildman–Crippen MR) is 108 cm³/mol. The van der Waals surface area contributed by atoms with Crippen LogP contribution in [0.4, 0.5) is 4.39 Å². The van der Waals surface area contributed by atoms with Gasteiger partial charge in [0.05, 0.1) is 11.1 Å². The van der Waals surface area contributed by atoms with E-state index < -0.39 is 11.3 Å². The molecule has 0 bridgehead atoms. The van der Waals surface area contributed by atoms with Crippen molar-refractivity contribution in [2.24, 2.45) is 4.99 Å². The number of rotatable bonds is 5. The van der Waals surface area contributed by atoms with Gasteiger partial charge >= 0.3 is 0 Å². The molecule has 2 aromatic carbocycles. The van der Waals surface area contributed by atoms with Crippen LogP contribution in [0.3, 0.4) is 0 Å². The fourth-order valence-electron chi connectivity index (χ4n) is 4.18. The second-order valence-electron chi connectivity index (χ2n) is 7.24. The molecule has 1 aliphatic carbocycles. The first kappa shape index (κ1) is 20.0. The van der Waals surface area contributed by atoms with E-state index in [4.69, 9.17) is 4.99 Å². The summed E-state index contributed by atoms with van der Waals surface area (Å²) in [4.78, 5) is 17.6. The molecule has 3 rings (SSSR count). The van der Waals surface area contributed by atoms with Crippen LogP contribution in [0.25, 0.3) is 0 Å². The van der Waals surface area contributed by atoms with Crippen LogP contribution in [-0.4, -0.2) is 23.4 Å². The predicted octanol–water partition coefficient (Wildman–Crippen LogP) is 4.50. The second kappa shape index (κ2) is 8.07. The number of halogens is 1. The van der Waals surface area contributed by atoms with E-state index in [1.54, 1.807) is 19.1 Å². The van der Waals surface area contributed by atoms with E-state index in [1.165, 1.54) is 6.07 Å². The molecule has 2 N–H and O–H groups in total. The number of hydroxylamine groups is 1. The van der Waals surface area contributed by atoms with E-state index >= 15 is 0 Å². The van der Waals surface area contributed by atoms with Crippen LogP contribution >= 0.6 is 0 Å². The maximum Gasteiger partial charge on any atom is 0.254 e. The number of aliphatic imine (C=N–C) groups is 1. The third kappa shape index (κ3) is 3.38. The fraction of sp³-hybridized carbons (Fsp3) is 0.304. The molecule has 0 saturated carbocycles. The maximum absolute atomic E-state index is 14.3. The number of nitrogens with zero attached hydrogens (tertiary/aromatic N) is 1. The van der Waals surface area contributed by atoms with E-state index in [2.05, 4.69) is 0 Å². The monoisotopic (exact) mass is 380 g/mol. The van der Waals surface area contributed by atoms with Crippen molar-refractivity contribution in [2.45, 2.75) is 39.0 Å². The smallest absolute Gasteiger partial charge is 0.254 e. The summed E-state index contributed by atoms with van der Waals surface area (Å²) >= 11 is 0. The minimum atomic E-state index is -1.07. The molecule has 4 nitrogen and oxygen atoms in total. The van der Waals surface area contributed by atoms with Crippen molar-refractivity contribution in [3.63, 3.8) is 0 Å². The minimum absolute atomic E-state index is 0.350. The number of amides is 1. The molecule has 0 unspecified atom stereocenters. The van der Waals surface area contributed by atoms with E-state index in [9.17, 15) is 14.4 Å². The highest BCUT2D eigenvalue weighted by molar-refractivity contribution is 6.14. The van der Waals surface area contributed by atoms with Crippen molar-refractivity contribution < 1.29 is 14.4 Å². The number of hydrogen-bond donors (Lipinski definition) is 2. The number of hydrogen-bond acceptors (Lipinski definition) is 3. The Bertz CT molecular complexity index is 950. The van der Waals surface area contributed by atoms with Crippen molar-refractivity contribution in [1.82, 2.24) is 5.48 Å². The third-order valence-corrected chi connectivity index (χ3v) is 5.53. The molecule has 1 aliphatic rings. The number of benzene rings is 2. The average Bonchev–Trinajstić information content (AvgIpc) is 3.06. The number of allylic oxidation sites excluding steroid dienone is 2. The molecular weight excluding hydrogens is 355 g/mol. The minimum Gasteiger partial charge on any atom is -0.289 e.